The van der Waals surface area contributed by atoms with E-state index in [9.17, 15) is 8.42 Å². The van der Waals surface area contributed by atoms with Gasteiger partial charge in [-0.15, -0.1) is 0 Å². The van der Waals surface area contributed by atoms with Gasteiger partial charge in [0.2, 0.25) is 16.4 Å². The fraction of sp³-hybridized carbons (Fsp3) is 0.400. The van der Waals surface area contributed by atoms with E-state index in [2.05, 4.69) is 31.6 Å². The van der Waals surface area contributed by atoms with Gasteiger partial charge in [0.15, 0.2) is 5.82 Å². The van der Waals surface area contributed by atoms with Crippen molar-refractivity contribution in [2.45, 2.75) is 6.54 Å². The van der Waals surface area contributed by atoms with E-state index in [-0.39, 0.29) is 23.1 Å². The monoisotopic (exact) mass is 236 g/mol. The van der Waals surface area contributed by atoms with Crippen molar-refractivity contribution in [2.75, 3.05) is 5.75 Å². The molecule has 0 spiro atoms. The molecule has 14 heavy (non-hydrogen) atoms. The van der Waals surface area contributed by atoms with E-state index in [0.29, 0.717) is 0 Å². The van der Waals surface area contributed by atoms with Crippen LogP contribution in [-0.4, -0.2) is 29.3 Å². The van der Waals surface area contributed by atoms with Crippen molar-refractivity contribution in [2.24, 2.45) is 5.73 Å². The largest absolute Gasteiger partial charge is 0.392 e. The first kappa shape index (κ1) is 11.0. The molecule has 1 heterocycles. The number of nitrogens with two attached hydrogens (primary N) is 1. The highest BCUT2D eigenvalue weighted by atomic mass is 32.2. The second kappa shape index (κ2) is 4.44. The summed E-state index contributed by atoms with van der Waals surface area (Å²) in [6.45, 7) is -0.0402. The minimum absolute atomic E-state index is 0.0402. The standard InChI is InChI=1S/C5H8N4O3S2/c6-4(13)2-14(10,11)8-1-5-7-3-12-9-5/h3,8H,1-2H2,(H2,6,13). The zero-order valence-corrected chi connectivity index (χ0v) is 8.64. The molecule has 1 rings (SSSR count). The van der Waals surface area contributed by atoms with E-state index in [1.54, 1.807) is 0 Å². The Hall–Kier alpha value is -1.06. The highest BCUT2D eigenvalue weighted by molar-refractivity contribution is 7.92. The summed E-state index contributed by atoms with van der Waals surface area (Å²) in [5.41, 5.74) is 5.09. The van der Waals surface area contributed by atoms with Gasteiger partial charge in [-0.25, -0.2) is 13.1 Å². The number of hydrogen-bond acceptors (Lipinski definition) is 6. The lowest BCUT2D eigenvalue weighted by molar-refractivity contribution is 0.409. The quantitative estimate of drug-likeness (QED) is 0.616. The third-order valence-electron chi connectivity index (χ3n) is 1.19. The highest BCUT2D eigenvalue weighted by Gasteiger charge is 2.12. The van der Waals surface area contributed by atoms with E-state index in [4.69, 9.17) is 5.73 Å². The number of sulfonamides is 1. The summed E-state index contributed by atoms with van der Waals surface area (Å²) < 4.78 is 29.0. The number of hydrogen-bond donors (Lipinski definition) is 2. The first-order chi connectivity index (χ1) is 6.49. The second-order valence-corrected chi connectivity index (χ2v) is 4.73. The van der Waals surface area contributed by atoms with Gasteiger partial charge in [0.1, 0.15) is 5.75 Å². The molecule has 0 radical (unpaired) electrons. The van der Waals surface area contributed by atoms with Gasteiger partial charge in [0, 0.05) is 0 Å². The second-order valence-electron chi connectivity index (χ2n) is 2.39. The molecular weight excluding hydrogens is 228 g/mol. The molecule has 0 aliphatic heterocycles. The van der Waals surface area contributed by atoms with Gasteiger partial charge in [0.05, 0.1) is 11.5 Å². The smallest absolute Gasteiger partial charge is 0.218 e. The average Bonchev–Trinajstić information content (AvgIpc) is 2.50. The fourth-order valence-corrected chi connectivity index (χ4v) is 1.97. The summed E-state index contributed by atoms with van der Waals surface area (Å²) in [6.07, 6.45) is 1.11. The Morgan fingerprint density at radius 2 is 2.43 bits per heavy atom. The molecule has 1 aromatic rings. The first-order valence-electron chi connectivity index (χ1n) is 3.50. The maximum atomic E-state index is 11.2. The van der Waals surface area contributed by atoms with Gasteiger partial charge in [-0.3, -0.25) is 0 Å². The maximum absolute atomic E-state index is 11.2. The lowest BCUT2D eigenvalue weighted by atomic mass is 10.6. The highest BCUT2D eigenvalue weighted by Crippen LogP contribution is 1.91. The molecule has 1 aromatic heterocycles. The molecular formula is C5H8N4O3S2. The van der Waals surface area contributed by atoms with E-state index in [0.717, 1.165) is 6.39 Å². The molecule has 0 aromatic carbocycles. The van der Waals surface area contributed by atoms with Crippen LogP contribution in [0.4, 0.5) is 0 Å². The summed E-state index contributed by atoms with van der Waals surface area (Å²) in [5.74, 6) is -0.142. The summed E-state index contributed by atoms with van der Waals surface area (Å²) in [5, 5.41) is 3.42. The number of aromatic nitrogens is 2. The van der Waals surface area contributed by atoms with E-state index in [1.807, 2.05) is 0 Å². The summed E-state index contributed by atoms with van der Waals surface area (Å²) in [7, 11) is -3.49. The van der Waals surface area contributed by atoms with Gasteiger partial charge in [-0.05, 0) is 0 Å². The Morgan fingerprint density at radius 3 is 2.93 bits per heavy atom. The van der Waals surface area contributed by atoms with Crippen LogP contribution in [0.3, 0.4) is 0 Å². The first-order valence-corrected chi connectivity index (χ1v) is 5.56. The topological polar surface area (TPSA) is 111 Å². The summed E-state index contributed by atoms with van der Waals surface area (Å²) >= 11 is 4.47. The Balaban J connectivity index is 2.49. The van der Waals surface area contributed by atoms with Crippen LogP contribution >= 0.6 is 12.2 Å². The molecule has 0 saturated heterocycles. The molecule has 78 valence electrons. The molecule has 0 atom stereocenters. The van der Waals surface area contributed by atoms with Gasteiger partial charge in [-0.2, -0.15) is 4.98 Å². The third-order valence-corrected chi connectivity index (χ3v) is 2.79. The van der Waals surface area contributed by atoms with Crippen molar-refractivity contribution in [1.82, 2.24) is 14.9 Å². The van der Waals surface area contributed by atoms with Crippen LogP contribution in [0.2, 0.25) is 0 Å². The van der Waals surface area contributed by atoms with Crippen LogP contribution < -0.4 is 10.5 Å². The lowest BCUT2D eigenvalue weighted by Gasteiger charge is -2.02. The molecule has 0 saturated carbocycles. The van der Waals surface area contributed by atoms with E-state index >= 15 is 0 Å². The van der Waals surface area contributed by atoms with Crippen molar-refractivity contribution >= 4 is 27.2 Å². The number of nitrogens with one attached hydrogen (secondary N) is 1. The van der Waals surface area contributed by atoms with Crippen LogP contribution in [0.5, 0.6) is 0 Å². The predicted octanol–water partition coefficient (Wildman–Crippen LogP) is -1.22. The van der Waals surface area contributed by atoms with Gasteiger partial charge in [0.25, 0.3) is 0 Å². The summed E-state index contributed by atoms with van der Waals surface area (Å²) in [6, 6.07) is 0. The predicted molar refractivity (Wildman–Crippen MR) is 51.7 cm³/mol. The van der Waals surface area contributed by atoms with Crippen molar-refractivity contribution in [3.05, 3.63) is 12.2 Å². The fourth-order valence-electron chi connectivity index (χ4n) is 0.683. The zero-order chi connectivity index (χ0) is 10.6. The molecule has 0 aliphatic rings. The van der Waals surface area contributed by atoms with Crippen LogP contribution in [0.25, 0.3) is 0 Å². The molecule has 0 bridgehead atoms. The normalized spacial score (nSPS) is 11.4. The Kier molecular flexibility index (Phi) is 3.49. The van der Waals surface area contributed by atoms with E-state index in [1.165, 1.54) is 0 Å². The molecule has 3 N–H and O–H groups in total. The van der Waals surface area contributed by atoms with Crippen LogP contribution in [-0.2, 0) is 16.6 Å². The maximum Gasteiger partial charge on any atom is 0.218 e. The van der Waals surface area contributed by atoms with Gasteiger partial charge >= 0.3 is 0 Å². The zero-order valence-electron chi connectivity index (χ0n) is 7.00. The van der Waals surface area contributed by atoms with Crippen molar-refractivity contribution in [1.29, 1.82) is 0 Å². The summed E-state index contributed by atoms with van der Waals surface area (Å²) in [4.78, 5) is 3.54. The lowest BCUT2D eigenvalue weighted by Crippen LogP contribution is -2.32. The van der Waals surface area contributed by atoms with Crippen molar-refractivity contribution < 1.29 is 12.9 Å². The molecule has 7 nitrogen and oxygen atoms in total. The van der Waals surface area contributed by atoms with Gasteiger partial charge in [-0.1, -0.05) is 17.4 Å². The number of nitrogens with zero attached hydrogens (tertiary/aromatic N) is 2. The minimum atomic E-state index is -3.49. The van der Waals surface area contributed by atoms with E-state index < -0.39 is 10.0 Å². The Bertz CT molecular complexity index is 399. The minimum Gasteiger partial charge on any atom is -0.392 e. The number of rotatable bonds is 5. The molecule has 0 amide bonds. The SMILES string of the molecule is NC(=S)CS(=O)(=O)NCc1ncon1. The molecule has 0 fully saturated rings. The molecule has 9 heteroatoms. The molecule has 0 unspecified atom stereocenters. The van der Waals surface area contributed by atoms with Crippen molar-refractivity contribution in [3.8, 4) is 0 Å². The molecule has 0 aliphatic carbocycles. The van der Waals surface area contributed by atoms with Gasteiger partial charge < -0.3 is 10.3 Å². The van der Waals surface area contributed by atoms with Crippen LogP contribution in [0.1, 0.15) is 5.82 Å². The van der Waals surface area contributed by atoms with Crippen LogP contribution in [0.15, 0.2) is 10.9 Å². The van der Waals surface area contributed by atoms with Crippen molar-refractivity contribution in [3.63, 3.8) is 0 Å². The average molecular weight is 236 g/mol. The van der Waals surface area contributed by atoms with Crippen LogP contribution in [0, 0.1) is 0 Å². The third kappa shape index (κ3) is 3.77. The Morgan fingerprint density at radius 1 is 1.71 bits per heavy atom. The number of thiocarbonyl (C=S) groups is 1. The Labute approximate surface area is 85.7 Å².